The van der Waals surface area contributed by atoms with Crippen LogP contribution >= 0.6 is 0 Å². The highest BCUT2D eigenvalue weighted by Gasteiger charge is 2.47. The summed E-state index contributed by atoms with van der Waals surface area (Å²) in [5.74, 6) is 0. The lowest BCUT2D eigenvalue weighted by Gasteiger charge is -2.57. The molecule has 9 nitrogen and oxygen atoms in total. The van der Waals surface area contributed by atoms with Gasteiger partial charge in [0.05, 0.1) is 19.4 Å². The molecule has 258 valence electrons. The topological polar surface area (TPSA) is 61.5 Å². The van der Waals surface area contributed by atoms with Crippen LogP contribution in [-0.2, 0) is 4.74 Å². The first-order valence-electron chi connectivity index (χ1n) is 18.0. The van der Waals surface area contributed by atoms with E-state index >= 15 is 0 Å². The number of hydrogen-bond acceptors (Lipinski definition) is 9. The lowest BCUT2D eigenvalue weighted by Crippen LogP contribution is -2.77. The number of rotatable bonds is 11. The highest BCUT2D eigenvalue weighted by Crippen LogP contribution is 2.40. The average Bonchev–Trinajstić information content (AvgIpc) is 2.93. The molecule has 3 atom stereocenters. The highest BCUT2D eigenvalue weighted by atomic mass is 16.5. The predicted molar refractivity (Wildman–Crippen MR) is 185 cm³/mol. The van der Waals surface area contributed by atoms with Crippen LogP contribution in [0.1, 0.15) is 114 Å². The second kappa shape index (κ2) is 14.4. The summed E-state index contributed by atoms with van der Waals surface area (Å²) in [6.07, 6.45) is 10.6. The van der Waals surface area contributed by atoms with Crippen molar-refractivity contribution in [2.24, 2.45) is 0 Å². The Balaban J connectivity index is 1.35. The zero-order valence-electron chi connectivity index (χ0n) is 30.9. The van der Waals surface area contributed by atoms with Crippen molar-refractivity contribution in [3.05, 3.63) is 0 Å². The first-order chi connectivity index (χ1) is 20.4. The molecule has 0 aliphatic carbocycles. The Morgan fingerprint density at radius 2 is 1.14 bits per heavy atom. The summed E-state index contributed by atoms with van der Waals surface area (Å²) in [5, 5.41) is 11.6. The standard InChI is InChI=1S/C35H72N8O/c1-27-36-30(42-19-21-44-22-20-42)38-31(37-27)43(29-25-34(6,7)41(12)35(8,9)26-29)18-16-14-13-15-17-39(10)28-23-32(2,3)40(11)33(4,5)24-28/h27-31,36-38H,13-26H2,1-12H3. The van der Waals surface area contributed by atoms with Gasteiger partial charge in [-0.1, -0.05) is 12.8 Å². The van der Waals surface area contributed by atoms with E-state index in [9.17, 15) is 0 Å². The SMILES string of the molecule is CC1NC(N2CCOCC2)NC(N(CCCCCCN(C)C2CC(C)(C)N(C)C(C)(C)C2)C2CC(C)(C)N(C)C(C)(C)C2)N1. The van der Waals surface area contributed by atoms with E-state index in [1.165, 1.54) is 57.9 Å². The number of nitrogens with one attached hydrogen (secondary N) is 3. The van der Waals surface area contributed by atoms with Crippen LogP contribution in [0.3, 0.4) is 0 Å². The Hall–Kier alpha value is -0.360. The molecule has 0 saturated carbocycles. The molecule has 4 rings (SSSR count). The third kappa shape index (κ3) is 8.75. The molecule has 4 aliphatic heterocycles. The predicted octanol–water partition coefficient (Wildman–Crippen LogP) is 4.11. The minimum Gasteiger partial charge on any atom is -0.379 e. The molecule has 3 unspecified atom stereocenters. The molecule has 9 heteroatoms. The molecule has 3 N–H and O–H groups in total. The number of nitrogens with zero attached hydrogens (tertiary/aromatic N) is 5. The number of likely N-dealkylation sites (tertiary alicyclic amines) is 2. The fourth-order valence-electron chi connectivity index (χ4n) is 8.90. The number of hydrogen-bond donors (Lipinski definition) is 3. The van der Waals surface area contributed by atoms with E-state index in [4.69, 9.17) is 4.74 Å². The van der Waals surface area contributed by atoms with Crippen LogP contribution in [0.4, 0.5) is 0 Å². The monoisotopic (exact) mass is 621 g/mol. The van der Waals surface area contributed by atoms with Crippen molar-refractivity contribution in [3.8, 4) is 0 Å². The first kappa shape index (κ1) is 36.5. The van der Waals surface area contributed by atoms with Crippen molar-refractivity contribution >= 4 is 0 Å². The van der Waals surface area contributed by atoms with Gasteiger partial charge < -0.3 is 9.64 Å². The lowest BCUT2D eigenvalue weighted by atomic mass is 9.77. The van der Waals surface area contributed by atoms with E-state index in [-0.39, 0.29) is 40.9 Å². The van der Waals surface area contributed by atoms with E-state index in [1.807, 2.05) is 0 Å². The molecule has 4 heterocycles. The van der Waals surface area contributed by atoms with Crippen LogP contribution < -0.4 is 16.0 Å². The van der Waals surface area contributed by atoms with Gasteiger partial charge in [-0.2, -0.15) is 0 Å². The van der Waals surface area contributed by atoms with Gasteiger partial charge in [0.25, 0.3) is 0 Å². The van der Waals surface area contributed by atoms with Gasteiger partial charge in [0.1, 0.15) is 12.6 Å². The Morgan fingerprint density at radius 1 is 0.659 bits per heavy atom. The van der Waals surface area contributed by atoms with Crippen molar-refractivity contribution in [1.82, 2.24) is 40.4 Å². The van der Waals surface area contributed by atoms with Gasteiger partial charge in [-0.05, 0) is 129 Å². The maximum absolute atomic E-state index is 5.67. The quantitative estimate of drug-likeness (QED) is 0.296. The Morgan fingerprint density at radius 3 is 1.66 bits per heavy atom. The van der Waals surface area contributed by atoms with E-state index in [0.29, 0.717) is 12.1 Å². The first-order valence-corrected chi connectivity index (χ1v) is 18.0. The van der Waals surface area contributed by atoms with E-state index < -0.39 is 0 Å². The summed E-state index contributed by atoms with van der Waals surface area (Å²) in [7, 11) is 7.00. The highest BCUT2D eigenvalue weighted by molar-refractivity contribution is 5.03. The maximum atomic E-state index is 5.67. The summed E-state index contributed by atoms with van der Waals surface area (Å²) >= 11 is 0. The third-order valence-electron chi connectivity index (χ3n) is 12.2. The third-order valence-corrected chi connectivity index (χ3v) is 12.2. The summed E-state index contributed by atoms with van der Waals surface area (Å²) in [4.78, 5) is 13.2. The molecule has 4 saturated heterocycles. The minimum atomic E-state index is 0.154. The van der Waals surface area contributed by atoms with Gasteiger partial charge in [-0.15, -0.1) is 0 Å². The Labute approximate surface area is 272 Å². The van der Waals surface area contributed by atoms with Gasteiger partial charge >= 0.3 is 0 Å². The van der Waals surface area contributed by atoms with Crippen LogP contribution in [0.15, 0.2) is 0 Å². The average molecular weight is 621 g/mol. The molecule has 44 heavy (non-hydrogen) atoms. The van der Waals surface area contributed by atoms with Crippen molar-refractivity contribution in [1.29, 1.82) is 0 Å². The van der Waals surface area contributed by atoms with Crippen molar-refractivity contribution in [2.45, 2.75) is 167 Å². The van der Waals surface area contributed by atoms with Crippen LogP contribution in [0.2, 0.25) is 0 Å². The molecular formula is C35H72N8O. The van der Waals surface area contributed by atoms with Crippen LogP contribution in [0.25, 0.3) is 0 Å². The Kier molecular flexibility index (Phi) is 11.9. The van der Waals surface area contributed by atoms with Crippen LogP contribution in [-0.4, -0.2) is 138 Å². The van der Waals surface area contributed by atoms with E-state index in [1.54, 1.807) is 0 Å². The molecule has 0 aromatic heterocycles. The molecule has 0 aromatic carbocycles. The number of piperidine rings is 2. The van der Waals surface area contributed by atoms with Gasteiger partial charge in [-0.3, -0.25) is 35.6 Å². The van der Waals surface area contributed by atoms with Crippen molar-refractivity contribution in [2.75, 3.05) is 60.5 Å². The summed E-state index contributed by atoms with van der Waals surface area (Å²) < 4.78 is 5.67. The molecule has 4 aliphatic rings. The fourth-order valence-corrected chi connectivity index (χ4v) is 8.90. The number of ether oxygens (including phenoxy) is 1. The summed E-state index contributed by atoms with van der Waals surface area (Å²) in [6.45, 7) is 27.6. The van der Waals surface area contributed by atoms with Crippen molar-refractivity contribution < 1.29 is 4.74 Å². The molecule has 0 aromatic rings. The fraction of sp³-hybridized carbons (Fsp3) is 1.00. The van der Waals surface area contributed by atoms with Gasteiger partial charge in [0.2, 0.25) is 0 Å². The van der Waals surface area contributed by atoms with E-state index in [0.717, 1.165) is 32.8 Å². The van der Waals surface area contributed by atoms with Gasteiger partial charge in [0.15, 0.2) is 0 Å². The van der Waals surface area contributed by atoms with Gasteiger partial charge in [-0.25, -0.2) is 0 Å². The maximum Gasteiger partial charge on any atom is 0.118 e. The minimum absolute atomic E-state index is 0.154. The number of morpholine rings is 1. The summed E-state index contributed by atoms with van der Waals surface area (Å²) in [5.41, 5.74) is 0.815. The zero-order chi connectivity index (χ0) is 32.5. The smallest absolute Gasteiger partial charge is 0.118 e. The molecule has 4 fully saturated rings. The van der Waals surface area contributed by atoms with Gasteiger partial charge in [0, 0.05) is 53.9 Å². The van der Waals surface area contributed by atoms with Crippen molar-refractivity contribution in [3.63, 3.8) is 0 Å². The number of unbranched alkanes of at least 4 members (excludes halogenated alkanes) is 3. The molecule has 0 radical (unpaired) electrons. The molecule has 0 bridgehead atoms. The normalized spacial score (nSPS) is 32.5. The second-order valence-corrected chi connectivity index (χ2v) is 17.3. The zero-order valence-corrected chi connectivity index (χ0v) is 30.9. The second-order valence-electron chi connectivity index (χ2n) is 17.3. The van der Waals surface area contributed by atoms with Crippen LogP contribution in [0, 0.1) is 0 Å². The largest absolute Gasteiger partial charge is 0.379 e. The van der Waals surface area contributed by atoms with Crippen LogP contribution in [0.5, 0.6) is 0 Å². The molecule has 0 amide bonds. The molecule has 0 spiro atoms. The molecular weight excluding hydrogens is 548 g/mol. The lowest BCUT2D eigenvalue weighted by molar-refractivity contribution is -0.0881. The Bertz CT molecular complexity index is 867. The van der Waals surface area contributed by atoms with E-state index in [2.05, 4.69) is 124 Å². The summed E-state index contributed by atoms with van der Waals surface area (Å²) in [6, 6.07) is 1.19.